The molecule has 2 aliphatic carbocycles. The van der Waals surface area contributed by atoms with E-state index in [4.69, 9.17) is 0 Å². The second-order valence-electron chi connectivity index (χ2n) is 13.2. The Balaban J connectivity index is 1.07. The molecule has 1 aliphatic heterocycles. The average molecular weight is 620 g/mol. The topological polar surface area (TPSA) is 81.0 Å². The normalized spacial score (nSPS) is 22.4. The average Bonchev–Trinajstić information content (AvgIpc) is 3.77. The van der Waals surface area contributed by atoms with Gasteiger partial charge in [0.15, 0.2) is 0 Å². The predicted molar refractivity (Wildman–Crippen MR) is 186 cm³/mol. The van der Waals surface area contributed by atoms with E-state index in [2.05, 4.69) is 102 Å². The van der Waals surface area contributed by atoms with Crippen LogP contribution in [0.1, 0.15) is 86.7 Å². The van der Waals surface area contributed by atoms with Gasteiger partial charge < -0.3 is 20.2 Å². The zero-order valence-electron chi connectivity index (χ0n) is 26.0. The van der Waals surface area contributed by atoms with Gasteiger partial charge in [-0.25, -0.2) is 4.79 Å². The number of aliphatic hydroxyl groups excluding tert-OH is 2. The van der Waals surface area contributed by atoms with Gasteiger partial charge in [0.1, 0.15) is 0 Å². The Morgan fingerprint density at radius 1 is 0.702 bits per heavy atom. The predicted octanol–water partition coefficient (Wildman–Crippen LogP) is 8.70. The highest BCUT2D eigenvalue weighted by Gasteiger charge is 2.43. The number of rotatable bonds is 7. The number of anilines is 2. The quantitative estimate of drug-likeness (QED) is 0.159. The van der Waals surface area contributed by atoms with Crippen molar-refractivity contribution < 1.29 is 20.1 Å². The van der Waals surface area contributed by atoms with Crippen molar-refractivity contribution in [3.63, 3.8) is 0 Å². The van der Waals surface area contributed by atoms with Gasteiger partial charge in [-0.05, 0) is 100 Å². The number of benzene rings is 5. The lowest BCUT2D eigenvalue weighted by atomic mass is 9.89. The fourth-order valence-electron chi connectivity index (χ4n) is 8.20. The summed E-state index contributed by atoms with van der Waals surface area (Å²) < 4.78 is 0. The molecule has 0 aromatic heterocycles. The number of carboxylic acids is 1. The van der Waals surface area contributed by atoms with Gasteiger partial charge in [-0.1, -0.05) is 97.4 Å². The molecule has 0 amide bonds. The van der Waals surface area contributed by atoms with Crippen molar-refractivity contribution in [1.29, 1.82) is 0 Å². The summed E-state index contributed by atoms with van der Waals surface area (Å²) in [6.07, 6.45) is 4.50. The summed E-state index contributed by atoms with van der Waals surface area (Å²) in [6, 6.07) is 41.6. The van der Waals surface area contributed by atoms with Gasteiger partial charge in [0.2, 0.25) is 0 Å². The zero-order chi connectivity index (χ0) is 32.1. The van der Waals surface area contributed by atoms with E-state index < -0.39 is 24.1 Å². The van der Waals surface area contributed by atoms with Crippen molar-refractivity contribution in [2.45, 2.75) is 49.9 Å². The van der Waals surface area contributed by atoms with Crippen LogP contribution in [-0.2, 0) is 6.42 Å². The maximum Gasteiger partial charge on any atom is 0.335 e. The van der Waals surface area contributed by atoms with E-state index >= 15 is 0 Å². The molecule has 5 nitrogen and oxygen atoms in total. The van der Waals surface area contributed by atoms with Crippen LogP contribution in [0.25, 0.3) is 11.6 Å². The Bertz CT molecular complexity index is 1930. The maximum absolute atomic E-state index is 11.5. The van der Waals surface area contributed by atoms with E-state index in [1.165, 1.54) is 52.2 Å². The SMILES string of the molecule is O=C(O)c1ccc2c(c1)C(O)C(Cc1ccc3c(c1)C1CCCC1N3c1ccc(C=C(c3ccccc3)c3ccccc3)cc1)C2O. The minimum absolute atomic E-state index is 0.123. The lowest BCUT2D eigenvalue weighted by Crippen LogP contribution is -2.26. The number of carboxylic acid groups (broad SMARTS) is 1. The molecule has 5 heteroatoms. The molecule has 5 aromatic rings. The molecule has 47 heavy (non-hydrogen) atoms. The molecular weight excluding hydrogens is 582 g/mol. The smallest absolute Gasteiger partial charge is 0.335 e. The van der Waals surface area contributed by atoms with Crippen LogP contribution in [0.5, 0.6) is 0 Å². The molecular formula is C42H37NO4. The van der Waals surface area contributed by atoms with Crippen LogP contribution in [0.4, 0.5) is 11.4 Å². The minimum atomic E-state index is -1.04. The minimum Gasteiger partial charge on any atom is -0.478 e. The summed E-state index contributed by atoms with van der Waals surface area (Å²) in [6.45, 7) is 0. The van der Waals surface area contributed by atoms with Gasteiger partial charge in [-0.3, -0.25) is 0 Å². The molecule has 3 N–H and O–H groups in total. The number of hydrogen-bond donors (Lipinski definition) is 3. The van der Waals surface area contributed by atoms with E-state index in [0.29, 0.717) is 29.5 Å². The second-order valence-corrected chi connectivity index (χ2v) is 13.2. The van der Waals surface area contributed by atoms with Gasteiger partial charge in [0, 0.05) is 29.3 Å². The molecule has 0 bridgehead atoms. The summed E-state index contributed by atoms with van der Waals surface area (Å²) in [7, 11) is 0. The van der Waals surface area contributed by atoms with Crippen molar-refractivity contribution in [1.82, 2.24) is 0 Å². The van der Waals surface area contributed by atoms with Gasteiger partial charge in [-0.15, -0.1) is 0 Å². The molecule has 3 aliphatic rings. The van der Waals surface area contributed by atoms with Gasteiger partial charge in [-0.2, -0.15) is 0 Å². The third kappa shape index (κ3) is 5.26. The fraction of sp³-hybridized carbons (Fsp3) is 0.214. The first-order valence-electron chi connectivity index (χ1n) is 16.5. The molecule has 0 radical (unpaired) electrons. The Morgan fingerprint density at radius 3 is 2.06 bits per heavy atom. The standard InChI is InChI=1S/C42H37NO4/c44-40-33-20-17-30(42(46)47)25-36(33)41(45)37(40)24-27-16-21-39-35(23-27)32-12-7-13-38(32)43(39)31-18-14-26(15-19-31)22-34(28-8-3-1-4-9-28)29-10-5-2-6-11-29/h1-6,8-11,14-23,25,32,37-38,40-41,44-45H,7,12-13,24H2,(H,46,47). The molecule has 0 saturated heterocycles. The number of carbonyl (C=O) groups is 1. The Labute approximate surface area is 275 Å². The highest BCUT2D eigenvalue weighted by molar-refractivity contribution is 5.91. The zero-order valence-corrected chi connectivity index (χ0v) is 26.0. The van der Waals surface area contributed by atoms with E-state index in [1.807, 2.05) is 12.1 Å². The Morgan fingerprint density at radius 2 is 1.38 bits per heavy atom. The van der Waals surface area contributed by atoms with E-state index in [0.717, 1.165) is 24.0 Å². The van der Waals surface area contributed by atoms with Crippen LogP contribution >= 0.6 is 0 Å². The molecule has 5 atom stereocenters. The van der Waals surface area contributed by atoms with Crippen LogP contribution in [0.3, 0.4) is 0 Å². The number of fused-ring (bicyclic) bond motifs is 4. The Kier molecular flexibility index (Phi) is 7.51. The molecule has 1 heterocycles. The Hall–Kier alpha value is -4.97. The summed E-state index contributed by atoms with van der Waals surface area (Å²) in [5, 5.41) is 31.7. The summed E-state index contributed by atoms with van der Waals surface area (Å²) in [4.78, 5) is 14.0. The summed E-state index contributed by atoms with van der Waals surface area (Å²) in [5.74, 6) is -1.02. The van der Waals surface area contributed by atoms with Gasteiger partial charge in [0.25, 0.3) is 0 Å². The van der Waals surface area contributed by atoms with Crippen LogP contribution in [0.15, 0.2) is 121 Å². The maximum atomic E-state index is 11.5. The van der Waals surface area contributed by atoms with Crippen LogP contribution in [0, 0.1) is 5.92 Å². The monoisotopic (exact) mass is 619 g/mol. The first kappa shape index (κ1) is 29.4. The first-order chi connectivity index (χ1) is 23.0. The largest absolute Gasteiger partial charge is 0.478 e. The van der Waals surface area contributed by atoms with Crippen molar-refractivity contribution in [3.05, 3.63) is 166 Å². The second kappa shape index (κ2) is 12.0. The van der Waals surface area contributed by atoms with Crippen molar-refractivity contribution in [3.8, 4) is 0 Å². The molecule has 1 fully saturated rings. The molecule has 234 valence electrons. The van der Waals surface area contributed by atoms with Crippen LogP contribution in [-0.4, -0.2) is 27.3 Å². The number of hydrogen-bond acceptors (Lipinski definition) is 4. The molecule has 5 aromatic carbocycles. The fourth-order valence-corrected chi connectivity index (χ4v) is 8.20. The summed E-state index contributed by atoms with van der Waals surface area (Å²) >= 11 is 0. The number of aliphatic hydroxyl groups is 2. The molecule has 0 spiro atoms. The molecule has 1 saturated carbocycles. The van der Waals surface area contributed by atoms with Gasteiger partial charge >= 0.3 is 5.97 Å². The van der Waals surface area contributed by atoms with Crippen molar-refractivity contribution >= 4 is 29.0 Å². The van der Waals surface area contributed by atoms with Crippen molar-refractivity contribution in [2.75, 3.05) is 4.90 Å². The lowest BCUT2D eigenvalue weighted by molar-refractivity contribution is 0.0350. The van der Waals surface area contributed by atoms with E-state index in [1.54, 1.807) is 6.07 Å². The molecule has 8 rings (SSSR count). The van der Waals surface area contributed by atoms with Crippen LogP contribution < -0.4 is 4.90 Å². The molecule has 5 unspecified atom stereocenters. The number of aromatic carboxylic acids is 1. The third-order valence-electron chi connectivity index (χ3n) is 10.5. The van der Waals surface area contributed by atoms with E-state index in [-0.39, 0.29) is 5.56 Å². The van der Waals surface area contributed by atoms with Crippen molar-refractivity contribution in [2.24, 2.45) is 5.92 Å². The van der Waals surface area contributed by atoms with Gasteiger partial charge in [0.05, 0.1) is 17.8 Å². The highest BCUT2D eigenvalue weighted by atomic mass is 16.4. The highest BCUT2D eigenvalue weighted by Crippen LogP contribution is 2.53. The van der Waals surface area contributed by atoms with Crippen LogP contribution in [0.2, 0.25) is 0 Å². The first-order valence-corrected chi connectivity index (χ1v) is 16.5. The lowest BCUT2D eigenvalue weighted by Gasteiger charge is -2.27. The number of nitrogens with zero attached hydrogens (tertiary/aromatic N) is 1. The van der Waals surface area contributed by atoms with E-state index in [9.17, 15) is 20.1 Å². The summed E-state index contributed by atoms with van der Waals surface area (Å²) in [5.41, 5.74) is 10.8. The third-order valence-corrected chi connectivity index (χ3v) is 10.5.